The maximum Gasteiger partial charge on any atom is 0.410 e. The Labute approximate surface area is 276 Å². The predicted octanol–water partition coefficient (Wildman–Crippen LogP) is 7.14. The van der Waals surface area contributed by atoms with Crippen LogP contribution >= 0.6 is 0 Å². The van der Waals surface area contributed by atoms with Gasteiger partial charge in [-0.1, -0.05) is 51.7 Å². The number of aromatic nitrogens is 2. The van der Waals surface area contributed by atoms with E-state index in [0.717, 1.165) is 56.1 Å². The van der Waals surface area contributed by atoms with Crippen LogP contribution in [-0.4, -0.2) is 77.7 Å². The zero-order chi connectivity index (χ0) is 33.7. The molecular formula is C36H53N5O4Si. The van der Waals surface area contributed by atoms with Gasteiger partial charge in [-0.05, 0) is 79.8 Å². The number of allylic oxidation sites excluding steroid dienone is 2. The molecule has 1 aromatic heterocycles. The van der Waals surface area contributed by atoms with Crippen LogP contribution in [-0.2, 0) is 29.2 Å². The number of nitrogens with zero attached hydrogens (tertiary/aromatic N) is 5. The standard InChI is InChI=1S/C36H53N5O4Si/c1-35(2,3)45-34(43)40-17-15-39(16-18-40)24-27-9-10-29(31(21-27)28-11-13-36(4,5)14-12-28)22-32(42)33-38-30(23-37)25-41(33)26-44-19-20-46(6,7)8/h9-11,21,25H,12-20,22,24,26H2,1-8H3. The minimum atomic E-state index is -1.25. The van der Waals surface area contributed by atoms with Gasteiger partial charge in [0.05, 0.1) is 0 Å². The highest BCUT2D eigenvalue weighted by Gasteiger charge is 2.27. The first-order chi connectivity index (χ1) is 21.5. The summed E-state index contributed by atoms with van der Waals surface area (Å²) in [7, 11) is -1.25. The van der Waals surface area contributed by atoms with E-state index >= 15 is 0 Å². The molecule has 2 aromatic rings. The minimum absolute atomic E-state index is 0.126. The number of ketones is 1. The molecule has 1 aromatic carbocycles. The number of Topliss-reactive ketones (excluding diaryl/α,β-unsaturated/α-hetero) is 1. The Kier molecular flexibility index (Phi) is 11.3. The molecule has 1 aliphatic carbocycles. The summed E-state index contributed by atoms with van der Waals surface area (Å²) >= 11 is 0. The van der Waals surface area contributed by atoms with Gasteiger partial charge in [-0.2, -0.15) is 5.26 Å². The fourth-order valence-electron chi connectivity index (χ4n) is 5.75. The van der Waals surface area contributed by atoms with E-state index in [1.165, 1.54) is 11.1 Å². The lowest BCUT2D eigenvalue weighted by molar-refractivity contribution is 0.0139. The van der Waals surface area contributed by atoms with Gasteiger partial charge in [0.15, 0.2) is 11.5 Å². The summed E-state index contributed by atoms with van der Waals surface area (Å²) in [5.41, 5.74) is 4.55. The molecule has 2 aliphatic rings. The third-order valence-electron chi connectivity index (χ3n) is 8.64. The van der Waals surface area contributed by atoms with E-state index in [0.29, 0.717) is 19.7 Å². The SMILES string of the molecule is CC1(C)CC=C(c2cc(CN3CCN(C(=O)OC(C)(C)C)CC3)ccc2CC(=O)c2nc(C#N)cn2COCC[Si](C)(C)C)CC1. The van der Waals surface area contributed by atoms with Crippen LogP contribution in [0.2, 0.25) is 25.7 Å². The summed E-state index contributed by atoms with van der Waals surface area (Å²) in [6.07, 6.45) is 6.95. The quantitative estimate of drug-likeness (QED) is 0.145. The number of amides is 1. The van der Waals surface area contributed by atoms with Gasteiger partial charge in [0.1, 0.15) is 18.4 Å². The fourth-order valence-corrected chi connectivity index (χ4v) is 6.51. The summed E-state index contributed by atoms with van der Waals surface area (Å²) in [5.74, 6) is 0.139. The van der Waals surface area contributed by atoms with E-state index in [2.05, 4.69) is 73.7 Å². The van der Waals surface area contributed by atoms with Crippen molar-refractivity contribution in [3.63, 3.8) is 0 Å². The van der Waals surface area contributed by atoms with Gasteiger partial charge in [-0.25, -0.2) is 9.78 Å². The van der Waals surface area contributed by atoms with Crippen molar-refractivity contribution in [3.8, 4) is 6.07 Å². The van der Waals surface area contributed by atoms with E-state index in [4.69, 9.17) is 9.47 Å². The number of hydrogen-bond donors (Lipinski definition) is 0. The third kappa shape index (κ3) is 10.4. The summed E-state index contributed by atoms with van der Waals surface area (Å²) in [6.45, 7) is 21.6. The molecule has 250 valence electrons. The molecule has 10 heteroatoms. The maximum absolute atomic E-state index is 13.8. The molecule has 0 unspecified atom stereocenters. The van der Waals surface area contributed by atoms with Gasteiger partial charge in [0.2, 0.25) is 5.78 Å². The predicted molar refractivity (Wildman–Crippen MR) is 184 cm³/mol. The summed E-state index contributed by atoms with van der Waals surface area (Å²) in [4.78, 5) is 34.8. The van der Waals surface area contributed by atoms with Crippen molar-refractivity contribution in [2.45, 2.75) is 105 Å². The molecule has 0 bridgehead atoms. The number of imidazole rings is 1. The number of ether oxygens (including phenoxy) is 2. The van der Waals surface area contributed by atoms with Gasteiger partial charge >= 0.3 is 6.09 Å². The Bertz CT molecular complexity index is 1470. The van der Waals surface area contributed by atoms with Gasteiger partial charge < -0.3 is 18.9 Å². The zero-order valence-corrected chi connectivity index (χ0v) is 30.2. The Morgan fingerprint density at radius 1 is 1.11 bits per heavy atom. The van der Waals surface area contributed by atoms with Gasteiger partial charge in [-0.15, -0.1) is 0 Å². The number of hydrogen-bond acceptors (Lipinski definition) is 7. The van der Waals surface area contributed by atoms with Gasteiger partial charge in [0, 0.05) is 60.0 Å². The first kappa shape index (κ1) is 35.6. The van der Waals surface area contributed by atoms with Crippen LogP contribution < -0.4 is 0 Å². The lowest BCUT2D eigenvalue weighted by Gasteiger charge is -2.35. The molecular weight excluding hydrogens is 595 g/mol. The van der Waals surface area contributed by atoms with Crippen LogP contribution in [0.5, 0.6) is 0 Å². The Morgan fingerprint density at radius 3 is 2.43 bits per heavy atom. The van der Waals surface area contributed by atoms with Crippen LogP contribution in [0.4, 0.5) is 4.79 Å². The van der Waals surface area contributed by atoms with E-state index < -0.39 is 13.7 Å². The number of piperazine rings is 1. The molecule has 1 fully saturated rings. The number of rotatable bonds is 11. The smallest absolute Gasteiger partial charge is 0.410 e. The molecule has 0 atom stereocenters. The van der Waals surface area contributed by atoms with Crippen LogP contribution in [0, 0.1) is 16.7 Å². The first-order valence-electron chi connectivity index (χ1n) is 16.6. The van der Waals surface area contributed by atoms with Crippen molar-refractivity contribution < 1.29 is 19.1 Å². The van der Waals surface area contributed by atoms with Crippen LogP contribution in [0.1, 0.15) is 86.9 Å². The molecule has 1 saturated heterocycles. The normalized spacial score (nSPS) is 17.4. The Balaban J connectivity index is 1.50. The lowest BCUT2D eigenvalue weighted by atomic mass is 9.76. The highest BCUT2D eigenvalue weighted by atomic mass is 28.3. The average Bonchev–Trinajstić information content (AvgIpc) is 3.39. The van der Waals surface area contributed by atoms with E-state index in [-0.39, 0.29) is 42.0 Å². The molecule has 0 N–H and O–H groups in total. The van der Waals surface area contributed by atoms with Crippen LogP contribution in [0.25, 0.3) is 5.57 Å². The molecule has 0 saturated carbocycles. The highest BCUT2D eigenvalue weighted by Crippen LogP contribution is 2.39. The van der Waals surface area contributed by atoms with Crippen molar-refractivity contribution >= 4 is 25.5 Å². The first-order valence-corrected chi connectivity index (χ1v) is 20.3. The molecule has 46 heavy (non-hydrogen) atoms. The summed E-state index contributed by atoms with van der Waals surface area (Å²) in [5, 5.41) is 9.52. The third-order valence-corrected chi connectivity index (χ3v) is 10.3. The van der Waals surface area contributed by atoms with E-state index in [1.807, 2.05) is 20.8 Å². The number of benzene rings is 1. The number of carbonyl (C=O) groups is 2. The second-order valence-corrected chi connectivity index (χ2v) is 21.4. The highest BCUT2D eigenvalue weighted by molar-refractivity contribution is 6.76. The largest absolute Gasteiger partial charge is 0.444 e. The molecule has 0 radical (unpaired) electrons. The lowest BCUT2D eigenvalue weighted by Crippen LogP contribution is -2.49. The fraction of sp³-hybridized carbons (Fsp3) is 0.611. The summed E-state index contributed by atoms with van der Waals surface area (Å²) in [6, 6.07) is 9.56. The molecule has 1 aliphatic heterocycles. The number of nitriles is 1. The second kappa shape index (κ2) is 14.7. The Morgan fingerprint density at radius 2 is 1.83 bits per heavy atom. The molecule has 1 amide bonds. The van der Waals surface area contributed by atoms with Crippen molar-refractivity contribution in [2.24, 2.45) is 5.41 Å². The van der Waals surface area contributed by atoms with Crippen LogP contribution in [0.15, 0.2) is 30.5 Å². The molecule has 4 rings (SSSR count). The van der Waals surface area contributed by atoms with Crippen molar-refractivity contribution in [1.82, 2.24) is 19.4 Å². The molecule has 2 heterocycles. The molecule has 9 nitrogen and oxygen atoms in total. The molecule has 0 spiro atoms. The summed E-state index contributed by atoms with van der Waals surface area (Å²) < 4.78 is 13.2. The monoisotopic (exact) mass is 647 g/mol. The van der Waals surface area contributed by atoms with Gasteiger partial charge in [-0.3, -0.25) is 9.69 Å². The van der Waals surface area contributed by atoms with Crippen LogP contribution in [0.3, 0.4) is 0 Å². The second-order valence-electron chi connectivity index (χ2n) is 15.8. The van der Waals surface area contributed by atoms with Crippen molar-refractivity contribution in [1.29, 1.82) is 5.26 Å². The van der Waals surface area contributed by atoms with E-state index in [9.17, 15) is 14.9 Å². The number of carbonyl (C=O) groups excluding carboxylic acids is 2. The minimum Gasteiger partial charge on any atom is -0.444 e. The van der Waals surface area contributed by atoms with Crippen molar-refractivity contribution in [3.05, 3.63) is 58.7 Å². The topological polar surface area (TPSA) is 101 Å². The van der Waals surface area contributed by atoms with Crippen molar-refractivity contribution in [2.75, 3.05) is 32.8 Å². The Hall–Kier alpha value is -3.26. The average molecular weight is 648 g/mol. The zero-order valence-electron chi connectivity index (χ0n) is 29.2. The maximum atomic E-state index is 13.8. The van der Waals surface area contributed by atoms with E-state index in [1.54, 1.807) is 15.7 Å². The van der Waals surface area contributed by atoms with Gasteiger partial charge in [0.25, 0.3) is 0 Å².